The highest BCUT2D eigenvalue weighted by Crippen LogP contribution is 2.40. The molecule has 2 aromatic rings. The van der Waals surface area contributed by atoms with Gasteiger partial charge in [-0.1, -0.05) is 19.6 Å². The number of amides is 1. The van der Waals surface area contributed by atoms with Crippen LogP contribution in [0.25, 0.3) is 0 Å². The maximum atomic E-state index is 14.9. The van der Waals surface area contributed by atoms with Gasteiger partial charge in [-0.2, -0.15) is 0 Å². The highest BCUT2D eigenvalue weighted by molar-refractivity contribution is 6.02. The van der Waals surface area contributed by atoms with Crippen LogP contribution in [-0.4, -0.2) is 30.0 Å². The summed E-state index contributed by atoms with van der Waals surface area (Å²) >= 11 is 0. The maximum absolute atomic E-state index is 14.9. The number of nitrogens with zero attached hydrogens (tertiary/aromatic N) is 1. The van der Waals surface area contributed by atoms with E-state index in [0.29, 0.717) is 0 Å². The van der Waals surface area contributed by atoms with Gasteiger partial charge in [-0.05, 0) is 36.8 Å². The van der Waals surface area contributed by atoms with Crippen molar-refractivity contribution in [1.29, 1.82) is 0 Å². The maximum Gasteiger partial charge on any atom is 0.292 e. The standard InChI is InChI=1S/C20H23F3N4O2/c1-3-19(25,20(22,23)12-29-11-13(2)24)15-10-14(7-8-16(15)21)27-18(28)17-6-4-5-9-26-17/h4-10H,2-3,11-12,24-25H2,1H3,(H,27,28)/t19-/m1/s1. The molecule has 1 amide bonds. The van der Waals surface area contributed by atoms with E-state index in [0.717, 1.165) is 12.1 Å². The molecule has 6 nitrogen and oxygen atoms in total. The normalized spacial score (nSPS) is 13.6. The van der Waals surface area contributed by atoms with Gasteiger partial charge in [-0.15, -0.1) is 0 Å². The number of halogens is 3. The van der Waals surface area contributed by atoms with Crippen LogP contribution in [0.1, 0.15) is 29.4 Å². The molecule has 5 N–H and O–H groups in total. The van der Waals surface area contributed by atoms with Crippen LogP contribution in [0.4, 0.5) is 18.9 Å². The van der Waals surface area contributed by atoms with Gasteiger partial charge in [0, 0.05) is 23.1 Å². The third kappa shape index (κ3) is 5.12. The quantitative estimate of drug-likeness (QED) is 0.591. The average Bonchev–Trinajstić information content (AvgIpc) is 2.68. The van der Waals surface area contributed by atoms with Crippen molar-refractivity contribution in [2.45, 2.75) is 24.8 Å². The number of anilines is 1. The number of nitrogens with one attached hydrogen (secondary N) is 1. The van der Waals surface area contributed by atoms with E-state index in [9.17, 15) is 18.0 Å². The molecule has 1 aromatic carbocycles. The van der Waals surface area contributed by atoms with Crippen molar-refractivity contribution in [2.24, 2.45) is 11.5 Å². The summed E-state index contributed by atoms with van der Waals surface area (Å²) in [7, 11) is 0. The molecule has 0 unspecified atom stereocenters. The summed E-state index contributed by atoms with van der Waals surface area (Å²) in [4.78, 5) is 16.1. The number of hydrogen-bond acceptors (Lipinski definition) is 5. The molecule has 2 rings (SSSR count). The van der Waals surface area contributed by atoms with Gasteiger partial charge in [0.2, 0.25) is 0 Å². The van der Waals surface area contributed by atoms with Crippen LogP contribution in [0, 0.1) is 5.82 Å². The zero-order valence-corrected chi connectivity index (χ0v) is 15.9. The fraction of sp³-hybridized carbons (Fsp3) is 0.300. The van der Waals surface area contributed by atoms with Crippen LogP contribution in [0.5, 0.6) is 0 Å². The van der Waals surface area contributed by atoms with Crippen LogP contribution in [0.2, 0.25) is 0 Å². The Labute approximate surface area is 166 Å². The molecule has 0 fully saturated rings. The van der Waals surface area contributed by atoms with Gasteiger partial charge in [0.25, 0.3) is 11.8 Å². The average molecular weight is 408 g/mol. The van der Waals surface area contributed by atoms with E-state index in [1.165, 1.54) is 25.3 Å². The molecular formula is C20H23F3N4O2. The van der Waals surface area contributed by atoms with Crippen LogP contribution >= 0.6 is 0 Å². The molecular weight excluding hydrogens is 385 g/mol. The van der Waals surface area contributed by atoms with Crippen molar-refractivity contribution in [3.63, 3.8) is 0 Å². The first-order chi connectivity index (χ1) is 13.6. The van der Waals surface area contributed by atoms with Gasteiger partial charge < -0.3 is 21.5 Å². The van der Waals surface area contributed by atoms with Crippen molar-refractivity contribution in [3.8, 4) is 0 Å². The predicted molar refractivity (Wildman–Crippen MR) is 104 cm³/mol. The molecule has 1 aromatic heterocycles. The number of nitrogens with two attached hydrogens (primary N) is 2. The Hall–Kier alpha value is -2.91. The molecule has 29 heavy (non-hydrogen) atoms. The summed E-state index contributed by atoms with van der Waals surface area (Å²) in [6.07, 6.45) is 1.14. The van der Waals surface area contributed by atoms with E-state index < -0.39 is 35.4 Å². The first-order valence-electron chi connectivity index (χ1n) is 8.81. The topological polar surface area (TPSA) is 103 Å². The lowest BCUT2D eigenvalue weighted by molar-refractivity contribution is -0.131. The van der Waals surface area contributed by atoms with E-state index >= 15 is 0 Å². The van der Waals surface area contributed by atoms with Crippen LogP contribution in [0.15, 0.2) is 54.9 Å². The zero-order chi connectivity index (χ0) is 21.7. The van der Waals surface area contributed by atoms with Crippen molar-refractivity contribution in [2.75, 3.05) is 18.5 Å². The number of hydrogen-bond donors (Lipinski definition) is 3. The Morgan fingerprint density at radius 1 is 1.31 bits per heavy atom. The smallest absolute Gasteiger partial charge is 0.292 e. The van der Waals surface area contributed by atoms with Crippen molar-refractivity contribution < 1.29 is 22.7 Å². The Balaban J connectivity index is 2.32. The Kier molecular flexibility index (Phi) is 6.99. The molecule has 0 aliphatic carbocycles. The lowest BCUT2D eigenvalue weighted by Crippen LogP contribution is -2.55. The largest absolute Gasteiger partial charge is 0.401 e. The highest BCUT2D eigenvalue weighted by atomic mass is 19.3. The van der Waals surface area contributed by atoms with Crippen molar-refractivity contribution in [3.05, 3.63) is 71.9 Å². The molecule has 0 saturated carbocycles. The van der Waals surface area contributed by atoms with E-state index in [-0.39, 0.29) is 30.1 Å². The van der Waals surface area contributed by atoms with Gasteiger partial charge in [0.15, 0.2) is 0 Å². The van der Waals surface area contributed by atoms with Crippen LogP contribution < -0.4 is 16.8 Å². The van der Waals surface area contributed by atoms with E-state index in [4.69, 9.17) is 16.2 Å². The summed E-state index contributed by atoms with van der Waals surface area (Å²) in [5.41, 5.74) is 8.76. The summed E-state index contributed by atoms with van der Waals surface area (Å²) in [6.45, 7) is 3.42. The predicted octanol–water partition coefficient (Wildman–Crippen LogP) is 3.16. The molecule has 0 spiro atoms. The molecule has 156 valence electrons. The van der Waals surface area contributed by atoms with Crippen molar-refractivity contribution in [1.82, 2.24) is 4.98 Å². The molecule has 0 aliphatic rings. The van der Waals surface area contributed by atoms with Crippen LogP contribution in [-0.2, 0) is 10.3 Å². The molecule has 0 radical (unpaired) electrons. The zero-order valence-electron chi connectivity index (χ0n) is 15.9. The minimum atomic E-state index is -3.62. The molecule has 9 heteroatoms. The van der Waals surface area contributed by atoms with Gasteiger partial charge in [-0.3, -0.25) is 9.78 Å². The van der Waals surface area contributed by atoms with Gasteiger partial charge in [-0.25, -0.2) is 13.2 Å². The molecule has 0 aliphatic heterocycles. The lowest BCUT2D eigenvalue weighted by atomic mass is 9.81. The van der Waals surface area contributed by atoms with E-state index in [1.807, 2.05) is 0 Å². The Bertz CT molecular complexity index is 877. The number of carbonyl (C=O) groups is 1. The summed E-state index contributed by atoms with van der Waals surface area (Å²) in [6, 6.07) is 8.06. The summed E-state index contributed by atoms with van der Waals surface area (Å²) in [5, 5.41) is 2.50. The van der Waals surface area contributed by atoms with Gasteiger partial charge >= 0.3 is 0 Å². The second-order valence-corrected chi connectivity index (χ2v) is 6.54. The third-order valence-electron chi connectivity index (χ3n) is 4.38. The van der Waals surface area contributed by atoms with Crippen LogP contribution in [0.3, 0.4) is 0 Å². The van der Waals surface area contributed by atoms with Gasteiger partial charge in [0.05, 0.1) is 6.61 Å². The number of alkyl halides is 2. The first-order valence-corrected chi connectivity index (χ1v) is 8.81. The number of aromatic nitrogens is 1. The summed E-state index contributed by atoms with van der Waals surface area (Å²) in [5.74, 6) is -5.12. The molecule has 1 atom stereocenters. The molecule has 0 bridgehead atoms. The SMILES string of the molecule is C=C(N)COCC(F)(F)[C@@](N)(CC)c1cc(NC(=O)c2ccccn2)ccc1F. The Morgan fingerprint density at radius 2 is 2.03 bits per heavy atom. The second kappa shape index (κ2) is 9.06. The molecule has 1 heterocycles. The number of carbonyl (C=O) groups excluding carboxylic acids is 1. The lowest BCUT2D eigenvalue weighted by Gasteiger charge is -2.37. The van der Waals surface area contributed by atoms with Gasteiger partial charge in [0.1, 0.15) is 23.7 Å². The minimum Gasteiger partial charge on any atom is -0.401 e. The number of benzene rings is 1. The molecule has 0 saturated heterocycles. The number of rotatable bonds is 9. The summed E-state index contributed by atoms with van der Waals surface area (Å²) < 4.78 is 49.1. The number of pyridine rings is 1. The fourth-order valence-corrected chi connectivity index (χ4v) is 2.72. The van der Waals surface area contributed by atoms with Crippen molar-refractivity contribution >= 4 is 11.6 Å². The minimum absolute atomic E-state index is 0.0744. The second-order valence-electron chi connectivity index (χ2n) is 6.54. The Morgan fingerprint density at radius 3 is 2.62 bits per heavy atom. The highest BCUT2D eigenvalue weighted by Gasteiger charge is 2.52. The van der Waals surface area contributed by atoms with E-state index in [2.05, 4.69) is 16.9 Å². The first kappa shape index (κ1) is 22.4. The van der Waals surface area contributed by atoms with E-state index in [1.54, 1.807) is 12.1 Å². The fourth-order valence-electron chi connectivity index (χ4n) is 2.72. The third-order valence-corrected chi connectivity index (χ3v) is 4.38. The monoisotopic (exact) mass is 408 g/mol. The number of ether oxygens (including phenoxy) is 1.